The maximum atomic E-state index is 13.2. The van der Waals surface area contributed by atoms with Gasteiger partial charge in [-0.1, -0.05) is 67.1 Å². The molecule has 0 aliphatic carbocycles. The van der Waals surface area contributed by atoms with E-state index >= 15 is 0 Å². The number of nitrogens with one attached hydrogen (secondary N) is 2. The average Bonchev–Trinajstić information content (AvgIpc) is 3.29. The minimum Gasteiger partial charge on any atom is -0.360 e. The number of para-hydroxylation sites is 1. The van der Waals surface area contributed by atoms with Gasteiger partial charge in [-0.3, -0.25) is 9.69 Å². The number of aromatic nitrogens is 1. The number of amidine groups is 1. The quantitative estimate of drug-likeness (QED) is 0.313. The van der Waals surface area contributed by atoms with Crippen molar-refractivity contribution < 1.29 is 4.79 Å². The lowest BCUT2D eigenvalue weighted by Gasteiger charge is -2.26. The highest BCUT2D eigenvalue weighted by molar-refractivity contribution is 6.17. The molecule has 1 aliphatic heterocycles. The summed E-state index contributed by atoms with van der Waals surface area (Å²) < 4.78 is 0. The van der Waals surface area contributed by atoms with Crippen LogP contribution in [0, 0.1) is 0 Å². The van der Waals surface area contributed by atoms with Gasteiger partial charge < -0.3 is 10.3 Å². The Kier molecular flexibility index (Phi) is 6.31. The summed E-state index contributed by atoms with van der Waals surface area (Å²) in [5.41, 5.74) is 4.49. The second-order valence-corrected chi connectivity index (χ2v) is 8.54. The van der Waals surface area contributed by atoms with E-state index in [4.69, 9.17) is 4.99 Å². The highest BCUT2D eigenvalue weighted by Crippen LogP contribution is 2.20. The molecule has 5 rings (SSSR count). The zero-order valence-electron chi connectivity index (χ0n) is 18.6. The molecule has 0 radical (unpaired) electrons. The van der Waals surface area contributed by atoms with Gasteiger partial charge in [0.05, 0.1) is 11.3 Å². The second-order valence-electron chi connectivity index (χ2n) is 8.54. The molecule has 0 bridgehead atoms. The van der Waals surface area contributed by atoms with E-state index in [0.717, 1.165) is 41.8 Å². The van der Waals surface area contributed by atoms with Crippen LogP contribution in [0.3, 0.4) is 0 Å². The van der Waals surface area contributed by atoms with Crippen LogP contribution in [-0.4, -0.2) is 34.7 Å². The molecule has 166 valence electrons. The molecule has 2 heterocycles. The fraction of sp³-hybridized carbons (Fsp3) is 0.214. The minimum absolute atomic E-state index is 0.181. The molecule has 5 heteroatoms. The molecule has 1 aromatic heterocycles. The number of aromatic amines is 1. The molecule has 3 aromatic carbocycles. The predicted octanol–water partition coefficient (Wildman–Crippen LogP) is 5.66. The van der Waals surface area contributed by atoms with Gasteiger partial charge in [0.2, 0.25) is 0 Å². The number of amides is 1. The Balaban J connectivity index is 1.43. The van der Waals surface area contributed by atoms with Crippen LogP contribution in [-0.2, 0) is 6.54 Å². The van der Waals surface area contributed by atoms with Crippen LogP contribution in [0.5, 0.6) is 0 Å². The average molecular weight is 437 g/mol. The molecular weight excluding hydrogens is 408 g/mol. The number of H-pyrrole nitrogens is 1. The van der Waals surface area contributed by atoms with Gasteiger partial charge in [-0.2, -0.15) is 0 Å². The Morgan fingerprint density at radius 1 is 0.909 bits per heavy atom. The van der Waals surface area contributed by atoms with E-state index in [9.17, 15) is 4.79 Å². The first kappa shape index (κ1) is 21.2. The lowest BCUT2D eigenvalue weighted by atomic mass is 10.1. The summed E-state index contributed by atoms with van der Waals surface area (Å²) in [7, 11) is 0. The number of carbonyl (C=O) groups is 1. The smallest absolute Gasteiger partial charge is 0.258 e. The third-order valence-corrected chi connectivity index (χ3v) is 6.12. The molecule has 1 saturated heterocycles. The van der Waals surface area contributed by atoms with E-state index in [0.29, 0.717) is 11.4 Å². The zero-order valence-corrected chi connectivity index (χ0v) is 18.6. The SMILES string of the molecule is O=C(NC(=Nc1cccc(CN2CCCCC2)c1)c1ccccc1)c1c[nH]c2ccccc12. The van der Waals surface area contributed by atoms with Crippen molar-refractivity contribution in [3.8, 4) is 0 Å². The molecule has 0 spiro atoms. The molecule has 2 N–H and O–H groups in total. The summed E-state index contributed by atoms with van der Waals surface area (Å²) >= 11 is 0. The number of aliphatic imine (C=N–C) groups is 1. The molecule has 1 aliphatic rings. The van der Waals surface area contributed by atoms with Crippen molar-refractivity contribution in [1.82, 2.24) is 15.2 Å². The number of benzene rings is 3. The van der Waals surface area contributed by atoms with E-state index in [1.54, 1.807) is 6.20 Å². The van der Waals surface area contributed by atoms with Gasteiger partial charge in [0.1, 0.15) is 5.84 Å². The van der Waals surface area contributed by atoms with Crippen LogP contribution in [0.2, 0.25) is 0 Å². The summed E-state index contributed by atoms with van der Waals surface area (Å²) in [6, 6.07) is 25.9. The van der Waals surface area contributed by atoms with E-state index in [-0.39, 0.29) is 5.91 Å². The molecule has 1 fully saturated rings. The van der Waals surface area contributed by atoms with Crippen LogP contribution in [0.15, 0.2) is 90.1 Å². The molecule has 5 nitrogen and oxygen atoms in total. The fourth-order valence-electron chi connectivity index (χ4n) is 4.42. The van der Waals surface area contributed by atoms with E-state index in [1.165, 1.54) is 24.8 Å². The maximum Gasteiger partial charge on any atom is 0.258 e. The number of rotatable bonds is 5. The van der Waals surface area contributed by atoms with Crippen LogP contribution >= 0.6 is 0 Å². The maximum absolute atomic E-state index is 13.2. The summed E-state index contributed by atoms with van der Waals surface area (Å²) in [4.78, 5) is 23.7. The van der Waals surface area contributed by atoms with Gasteiger partial charge in [-0.05, 0) is 49.7 Å². The Morgan fingerprint density at radius 2 is 1.70 bits per heavy atom. The van der Waals surface area contributed by atoms with Crippen LogP contribution in [0.25, 0.3) is 10.9 Å². The van der Waals surface area contributed by atoms with Crippen LogP contribution < -0.4 is 5.32 Å². The second kappa shape index (κ2) is 9.84. The standard InChI is InChI=1S/C28H28N4O/c33-28(25-19-29-26-15-6-5-14-24(25)26)31-27(22-11-3-1-4-12-22)30-23-13-9-10-21(18-23)20-32-16-7-2-8-17-32/h1,3-6,9-15,18-19,29H,2,7-8,16-17,20H2,(H,30,31,33). The van der Waals surface area contributed by atoms with Crippen molar-refractivity contribution in [1.29, 1.82) is 0 Å². The first-order valence-electron chi connectivity index (χ1n) is 11.6. The summed E-state index contributed by atoms with van der Waals surface area (Å²) in [5, 5.41) is 3.95. The number of carbonyl (C=O) groups excluding carboxylic acids is 1. The largest absolute Gasteiger partial charge is 0.360 e. The van der Waals surface area contributed by atoms with Gasteiger partial charge in [-0.25, -0.2) is 4.99 Å². The number of hydrogen-bond acceptors (Lipinski definition) is 3. The van der Waals surface area contributed by atoms with Crippen molar-refractivity contribution in [2.45, 2.75) is 25.8 Å². The van der Waals surface area contributed by atoms with Crippen molar-refractivity contribution in [3.63, 3.8) is 0 Å². The highest BCUT2D eigenvalue weighted by Gasteiger charge is 2.15. The minimum atomic E-state index is -0.181. The Morgan fingerprint density at radius 3 is 2.55 bits per heavy atom. The molecular formula is C28H28N4O. The van der Waals surface area contributed by atoms with Crippen molar-refractivity contribution in [2.24, 2.45) is 4.99 Å². The van der Waals surface area contributed by atoms with Crippen molar-refractivity contribution >= 4 is 28.3 Å². The third kappa shape index (κ3) is 5.04. The van der Waals surface area contributed by atoms with Gasteiger partial charge in [0, 0.05) is 29.2 Å². The van der Waals surface area contributed by atoms with Crippen LogP contribution in [0.1, 0.15) is 40.7 Å². The number of piperidine rings is 1. The lowest BCUT2D eigenvalue weighted by molar-refractivity contribution is 0.0979. The lowest BCUT2D eigenvalue weighted by Crippen LogP contribution is -2.31. The summed E-state index contributed by atoms with van der Waals surface area (Å²) in [5.74, 6) is 0.362. The normalized spacial score (nSPS) is 15.0. The van der Waals surface area contributed by atoms with Gasteiger partial charge >= 0.3 is 0 Å². The summed E-state index contributed by atoms with van der Waals surface area (Å²) in [6.07, 6.45) is 5.63. The number of nitrogens with zero attached hydrogens (tertiary/aromatic N) is 2. The van der Waals surface area contributed by atoms with E-state index in [2.05, 4.69) is 27.3 Å². The van der Waals surface area contributed by atoms with Gasteiger partial charge in [0.15, 0.2) is 0 Å². The summed E-state index contributed by atoms with van der Waals surface area (Å²) in [6.45, 7) is 3.25. The van der Waals surface area contributed by atoms with E-state index in [1.807, 2.05) is 66.7 Å². The molecule has 1 amide bonds. The van der Waals surface area contributed by atoms with E-state index < -0.39 is 0 Å². The first-order chi connectivity index (χ1) is 16.3. The van der Waals surface area contributed by atoms with Crippen molar-refractivity contribution in [2.75, 3.05) is 13.1 Å². The fourth-order valence-corrected chi connectivity index (χ4v) is 4.42. The molecule has 0 unspecified atom stereocenters. The van der Waals surface area contributed by atoms with Crippen molar-refractivity contribution in [3.05, 3.63) is 102 Å². The Bertz CT molecular complexity index is 1270. The Labute approximate surface area is 194 Å². The number of fused-ring (bicyclic) bond motifs is 1. The first-order valence-corrected chi connectivity index (χ1v) is 11.6. The van der Waals surface area contributed by atoms with Crippen LogP contribution in [0.4, 0.5) is 5.69 Å². The van der Waals surface area contributed by atoms with Gasteiger partial charge in [-0.15, -0.1) is 0 Å². The zero-order chi connectivity index (χ0) is 22.5. The molecule has 4 aromatic rings. The molecule has 0 saturated carbocycles. The predicted molar refractivity (Wildman–Crippen MR) is 134 cm³/mol. The Hall–Kier alpha value is -3.70. The van der Waals surface area contributed by atoms with Gasteiger partial charge in [0.25, 0.3) is 5.91 Å². The number of likely N-dealkylation sites (tertiary alicyclic amines) is 1. The molecule has 33 heavy (non-hydrogen) atoms. The molecule has 0 atom stereocenters. The topological polar surface area (TPSA) is 60.5 Å². The highest BCUT2D eigenvalue weighted by atomic mass is 16.1. The number of hydrogen-bond donors (Lipinski definition) is 2. The monoisotopic (exact) mass is 436 g/mol. The third-order valence-electron chi connectivity index (χ3n) is 6.12.